The second kappa shape index (κ2) is 5.85. The number of hydrogen-bond donors (Lipinski definition) is 4. The Kier molecular flexibility index (Phi) is 4.44. The average Bonchev–Trinajstić information content (AvgIpc) is 2.31. The molecule has 0 bridgehead atoms. The minimum atomic E-state index is -0.544. The van der Waals surface area contributed by atoms with Gasteiger partial charge in [-0.2, -0.15) is 15.0 Å². The maximum atomic E-state index is 10.3. The first kappa shape index (κ1) is 12.2. The summed E-state index contributed by atoms with van der Waals surface area (Å²) in [4.78, 5) is 22.1. The topological polar surface area (TPSA) is 144 Å². The van der Waals surface area contributed by atoms with E-state index in [1.165, 1.54) is 0 Å². The quantitative estimate of drug-likeness (QED) is 0.333. The van der Waals surface area contributed by atoms with E-state index in [0.29, 0.717) is 0 Å². The maximum Gasteiger partial charge on any atom is 0.297 e. The fourth-order valence-corrected chi connectivity index (χ4v) is 0.857. The summed E-state index contributed by atoms with van der Waals surface area (Å²) in [5, 5.41) is 31.1. The molecule has 0 aliphatic rings. The van der Waals surface area contributed by atoms with E-state index in [2.05, 4.69) is 25.4 Å². The molecule has 10 nitrogen and oxygen atoms in total. The molecule has 10 heteroatoms. The molecule has 1 heterocycles. The van der Waals surface area contributed by atoms with Crippen molar-refractivity contribution < 1.29 is 15.3 Å². The van der Waals surface area contributed by atoms with Gasteiger partial charge in [-0.05, 0) is 0 Å². The van der Waals surface area contributed by atoms with Gasteiger partial charge in [-0.3, -0.25) is 4.90 Å². The lowest BCUT2D eigenvalue weighted by atomic mass is 10.7. The van der Waals surface area contributed by atoms with Gasteiger partial charge in [0.25, 0.3) is 5.95 Å². The van der Waals surface area contributed by atoms with Crippen LogP contribution in [0.1, 0.15) is 0 Å². The number of nitrogens with zero attached hydrogens (tertiary/aromatic N) is 5. The predicted molar refractivity (Wildman–Crippen MR) is 52.6 cm³/mol. The van der Waals surface area contributed by atoms with E-state index in [0.717, 1.165) is 4.90 Å². The highest BCUT2D eigenvalue weighted by molar-refractivity contribution is 5.40. The van der Waals surface area contributed by atoms with Gasteiger partial charge < -0.3 is 20.6 Å². The Balaban J connectivity index is 3.07. The van der Waals surface area contributed by atoms with Gasteiger partial charge in [0.2, 0.25) is 11.9 Å². The Hall–Kier alpha value is -1.91. The fraction of sp³-hybridized carbons (Fsp3) is 0.500. The maximum absolute atomic E-state index is 10.3. The standard InChI is InChI=1S/C6H10N6O4/c13-1-7-4-8-5(11-16)10-6(9-4)12(2-14)3-15/h13-15H,1-3H2,(H,7,8,9,10). The van der Waals surface area contributed by atoms with E-state index >= 15 is 0 Å². The van der Waals surface area contributed by atoms with E-state index in [1.807, 2.05) is 0 Å². The minimum absolute atomic E-state index is 0.0889. The number of aliphatic hydroxyl groups excluding tert-OH is 3. The molecule has 0 saturated heterocycles. The molecular formula is C6H10N6O4. The first-order chi connectivity index (χ1) is 7.74. The minimum Gasteiger partial charge on any atom is -0.376 e. The average molecular weight is 230 g/mol. The van der Waals surface area contributed by atoms with Gasteiger partial charge in [-0.1, -0.05) is 0 Å². The van der Waals surface area contributed by atoms with Crippen molar-refractivity contribution in [2.45, 2.75) is 0 Å². The molecule has 0 spiro atoms. The third-order valence-electron chi connectivity index (χ3n) is 1.55. The molecule has 0 aliphatic heterocycles. The van der Waals surface area contributed by atoms with E-state index in [9.17, 15) is 4.91 Å². The van der Waals surface area contributed by atoms with Crippen molar-refractivity contribution in [3.05, 3.63) is 4.91 Å². The Morgan fingerprint density at radius 3 is 2.38 bits per heavy atom. The molecule has 88 valence electrons. The summed E-state index contributed by atoms with van der Waals surface area (Å²) < 4.78 is 0. The Labute approximate surface area is 89.6 Å². The van der Waals surface area contributed by atoms with Crippen LogP contribution in [0.25, 0.3) is 0 Å². The zero-order chi connectivity index (χ0) is 12.0. The molecule has 1 aromatic heterocycles. The van der Waals surface area contributed by atoms with Crippen molar-refractivity contribution in [3.63, 3.8) is 0 Å². The van der Waals surface area contributed by atoms with Crippen molar-refractivity contribution in [2.75, 3.05) is 30.4 Å². The first-order valence-corrected chi connectivity index (χ1v) is 4.16. The van der Waals surface area contributed by atoms with Crippen LogP contribution in [0, 0.1) is 4.91 Å². The number of nitroso groups, excluding NO2 is 1. The van der Waals surface area contributed by atoms with Gasteiger partial charge in [0.05, 0.1) is 0 Å². The molecule has 1 rings (SSSR count). The van der Waals surface area contributed by atoms with Crippen LogP contribution in [0.5, 0.6) is 0 Å². The number of aromatic nitrogens is 3. The third-order valence-corrected chi connectivity index (χ3v) is 1.55. The summed E-state index contributed by atoms with van der Waals surface area (Å²) in [6.45, 7) is -1.53. The van der Waals surface area contributed by atoms with Crippen LogP contribution in [0.2, 0.25) is 0 Å². The SMILES string of the molecule is O=Nc1nc(NCO)nc(N(CO)CO)n1. The van der Waals surface area contributed by atoms with Gasteiger partial charge in [-0.25, -0.2) is 0 Å². The highest BCUT2D eigenvalue weighted by Gasteiger charge is 2.12. The van der Waals surface area contributed by atoms with Crippen molar-refractivity contribution in [1.29, 1.82) is 0 Å². The number of rotatable bonds is 6. The van der Waals surface area contributed by atoms with Gasteiger partial charge >= 0.3 is 0 Å². The molecule has 0 unspecified atom stereocenters. The van der Waals surface area contributed by atoms with Gasteiger partial charge in [0.1, 0.15) is 20.2 Å². The molecule has 0 atom stereocenters. The molecule has 0 radical (unpaired) electrons. The predicted octanol–water partition coefficient (Wildman–Crippen LogP) is -1.66. The van der Waals surface area contributed by atoms with Crippen LogP contribution in [0.15, 0.2) is 5.18 Å². The summed E-state index contributed by atoms with van der Waals surface area (Å²) in [5.41, 5.74) is 0. The number of hydrogen-bond acceptors (Lipinski definition) is 10. The van der Waals surface area contributed by atoms with Crippen molar-refractivity contribution in [3.8, 4) is 0 Å². The van der Waals surface area contributed by atoms with Crippen LogP contribution in [0.3, 0.4) is 0 Å². The number of anilines is 2. The smallest absolute Gasteiger partial charge is 0.297 e. The zero-order valence-corrected chi connectivity index (χ0v) is 8.11. The summed E-state index contributed by atoms with van der Waals surface area (Å²) in [5.74, 6) is -0.646. The highest BCUT2D eigenvalue weighted by Crippen LogP contribution is 2.14. The molecule has 0 amide bonds. The van der Waals surface area contributed by atoms with Crippen LogP contribution < -0.4 is 10.2 Å². The summed E-state index contributed by atoms with van der Waals surface area (Å²) >= 11 is 0. The Morgan fingerprint density at radius 2 is 1.88 bits per heavy atom. The van der Waals surface area contributed by atoms with Crippen molar-refractivity contribution >= 4 is 17.8 Å². The third kappa shape index (κ3) is 2.79. The first-order valence-electron chi connectivity index (χ1n) is 4.16. The second-order valence-corrected chi connectivity index (χ2v) is 2.51. The molecule has 0 aliphatic carbocycles. The second-order valence-electron chi connectivity index (χ2n) is 2.51. The van der Waals surface area contributed by atoms with E-state index in [1.54, 1.807) is 0 Å². The molecule has 4 N–H and O–H groups in total. The number of nitrogens with one attached hydrogen (secondary N) is 1. The lowest BCUT2D eigenvalue weighted by Gasteiger charge is -2.16. The Morgan fingerprint density at radius 1 is 1.19 bits per heavy atom. The molecular weight excluding hydrogens is 220 g/mol. The Bertz CT molecular complexity index is 357. The molecule has 0 fully saturated rings. The molecule has 1 aromatic rings. The molecule has 0 aromatic carbocycles. The lowest BCUT2D eigenvalue weighted by molar-refractivity contribution is 0.220. The van der Waals surface area contributed by atoms with Crippen molar-refractivity contribution in [2.24, 2.45) is 5.18 Å². The zero-order valence-electron chi connectivity index (χ0n) is 8.11. The summed E-state index contributed by atoms with van der Waals surface area (Å²) in [7, 11) is 0. The van der Waals surface area contributed by atoms with E-state index in [-0.39, 0.29) is 11.9 Å². The van der Waals surface area contributed by atoms with Crippen LogP contribution in [0.4, 0.5) is 17.8 Å². The lowest BCUT2D eigenvalue weighted by Crippen LogP contribution is -2.27. The fourth-order valence-electron chi connectivity index (χ4n) is 0.857. The molecule has 0 saturated carbocycles. The normalized spacial score (nSPS) is 9.94. The van der Waals surface area contributed by atoms with Crippen LogP contribution >= 0.6 is 0 Å². The van der Waals surface area contributed by atoms with Crippen LogP contribution in [-0.2, 0) is 0 Å². The van der Waals surface area contributed by atoms with E-state index < -0.39 is 26.1 Å². The van der Waals surface area contributed by atoms with E-state index in [4.69, 9.17) is 15.3 Å². The summed E-state index contributed by atoms with van der Waals surface area (Å²) in [6.07, 6.45) is 0. The van der Waals surface area contributed by atoms with Crippen molar-refractivity contribution in [1.82, 2.24) is 15.0 Å². The van der Waals surface area contributed by atoms with Gasteiger partial charge in [-0.15, -0.1) is 4.91 Å². The van der Waals surface area contributed by atoms with Gasteiger partial charge in [0.15, 0.2) is 0 Å². The molecule has 16 heavy (non-hydrogen) atoms. The monoisotopic (exact) mass is 230 g/mol. The van der Waals surface area contributed by atoms with Gasteiger partial charge in [0, 0.05) is 5.18 Å². The highest BCUT2D eigenvalue weighted by atomic mass is 16.3. The largest absolute Gasteiger partial charge is 0.376 e. The number of aliphatic hydroxyl groups is 3. The van der Waals surface area contributed by atoms with Crippen LogP contribution in [-0.4, -0.2) is 50.5 Å². The summed E-state index contributed by atoms with van der Waals surface area (Å²) in [6, 6.07) is 0.